The van der Waals surface area contributed by atoms with Gasteiger partial charge in [-0.3, -0.25) is 14.5 Å². The molecule has 7 nitrogen and oxygen atoms in total. The highest BCUT2D eigenvalue weighted by Gasteiger charge is 2.47. The maximum absolute atomic E-state index is 13.1. The summed E-state index contributed by atoms with van der Waals surface area (Å²) in [7, 11) is 1.53. The number of carbonyl (C=O) groups excluding carboxylic acids is 3. The summed E-state index contributed by atoms with van der Waals surface area (Å²) in [6.07, 6.45) is 0.836. The molecule has 4 amide bonds. The summed E-state index contributed by atoms with van der Waals surface area (Å²) < 4.78 is 5.13. The SMILES string of the molecule is COc1ccc(N2C(=O)C(=O)N(CN3CCc4sccc4[C@@H]3c3ccccc3)C2=O)cc1. The van der Waals surface area contributed by atoms with Gasteiger partial charge >= 0.3 is 17.8 Å². The molecule has 0 unspecified atom stereocenters. The van der Waals surface area contributed by atoms with Crippen molar-refractivity contribution < 1.29 is 19.1 Å². The minimum Gasteiger partial charge on any atom is -0.497 e. The molecule has 32 heavy (non-hydrogen) atoms. The summed E-state index contributed by atoms with van der Waals surface area (Å²) in [6.45, 7) is 0.728. The van der Waals surface area contributed by atoms with E-state index in [1.54, 1.807) is 35.6 Å². The number of amides is 4. The van der Waals surface area contributed by atoms with Gasteiger partial charge in [0, 0.05) is 11.4 Å². The lowest BCUT2D eigenvalue weighted by molar-refractivity contribution is -0.140. The van der Waals surface area contributed by atoms with E-state index in [2.05, 4.69) is 16.3 Å². The fourth-order valence-electron chi connectivity index (χ4n) is 4.32. The Morgan fingerprint density at radius 3 is 2.44 bits per heavy atom. The van der Waals surface area contributed by atoms with Crippen molar-refractivity contribution in [2.75, 3.05) is 25.2 Å². The number of imide groups is 2. The molecule has 8 heteroatoms. The molecule has 2 aliphatic rings. The second-order valence-corrected chi connectivity index (χ2v) is 8.67. The third-order valence-corrected chi connectivity index (χ3v) is 6.88. The van der Waals surface area contributed by atoms with Crippen LogP contribution in [0.15, 0.2) is 66.0 Å². The van der Waals surface area contributed by atoms with E-state index in [4.69, 9.17) is 4.74 Å². The van der Waals surface area contributed by atoms with Crippen LogP contribution in [0.2, 0.25) is 0 Å². The molecule has 0 N–H and O–H groups in total. The van der Waals surface area contributed by atoms with Gasteiger partial charge < -0.3 is 4.74 Å². The molecular weight excluding hydrogens is 426 g/mol. The van der Waals surface area contributed by atoms with Crippen molar-refractivity contribution in [1.82, 2.24) is 9.80 Å². The minimum atomic E-state index is -0.843. The Labute approximate surface area is 189 Å². The summed E-state index contributed by atoms with van der Waals surface area (Å²) >= 11 is 1.72. The zero-order valence-electron chi connectivity index (χ0n) is 17.4. The number of ether oxygens (including phenoxy) is 1. The van der Waals surface area contributed by atoms with E-state index in [9.17, 15) is 14.4 Å². The molecule has 2 aromatic carbocycles. The third kappa shape index (κ3) is 3.37. The molecule has 3 aromatic rings. The first-order chi connectivity index (χ1) is 15.6. The van der Waals surface area contributed by atoms with Gasteiger partial charge in [-0.05, 0) is 53.3 Å². The molecule has 0 saturated carbocycles. The number of benzene rings is 2. The second-order valence-electron chi connectivity index (χ2n) is 7.67. The first kappa shape index (κ1) is 20.4. The van der Waals surface area contributed by atoms with Gasteiger partial charge in [0.25, 0.3) is 0 Å². The number of carbonyl (C=O) groups is 3. The highest BCUT2D eigenvalue weighted by Crippen LogP contribution is 2.38. The highest BCUT2D eigenvalue weighted by atomic mass is 32.1. The van der Waals surface area contributed by atoms with E-state index < -0.39 is 17.8 Å². The topological polar surface area (TPSA) is 70.2 Å². The Hall–Kier alpha value is -3.49. The van der Waals surface area contributed by atoms with Gasteiger partial charge in [0.15, 0.2) is 0 Å². The molecule has 0 radical (unpaired) electrons. The number of anilines is 1. The lowest BCUT2D eigenvalue weighted by Crippen LogP contribution is -2.46. The van der Waals surface area contributed by atoms with Crippen molar-refractivity contribution in [2.45, 2.75) is 12.5 Å². The normalized spacial score (nSPS) is 18.9. The summed E-state index contributed by atoms with van der Waals surface area (Å²) in [5, 5.41) is 2.07. The Morgan fingerprint density at radius 1 is 0.969 bits per heavy atom. The van der Waals surface area contributed by atoms with Gasteiger partial charge in [0.2, 0.25) is 0 Å². The average Bonchev–Trinajstić information content (AvgIpc) is 3.38. The average molecular weight is 448 g/mol. The molecule has 162 valence electrons. The van der Waals surface area contributed by atoms with Crippen molar-refractivity contribution in [3.63, 3.8) is 0 Å². The zero-order valence-corrected chi connectivity index (χ0v) is 18.2. The number of fused-ring (bicyclic) bond motifs is 1. The lowest BCUT2D eigenvalue weighted by Gasteiger charge is -2.37. The monoisotopic (exact) mass is 447 g/mol. The maximum Gasteiger partial charge on any atom is 0.340 e. The van der Waals surface area contributed by atoms with E-state index in [1.165, 1.54) is 17.6 Å². The summed E-state index contributed by atoms with van der Waals surface area (Å²) in [6, 6.07) is 17.9. The van der Waals surface area contributed by atoms with Crippen molar-refractivity contribution >= 4 is 34.9 Å². The van der Waals surface area contributed by atoms with Crippen molar-refractivity contribution in [1.29, 1.82) is 0 Å². The van der Waals surface area contributed by atoms with Crippen LogP contribution in [0, 0.1) is 0 Å². The van der Waals surface area contributed by atoms with Gasteiger partial charge in [-0.1, -0.05) is 30.3 Å². The second kappa shape index (κ2) is 8.22. The number of methoxy groups -OCH3 is 1. The Balaban J connectivity index is 1.44. The van der Waals surface area contributed by atoms with Crippen LogP contribution >= 0.6 is 11.3 Å². The van der Waals surface area contributed by atoms with Crippen LogP contribution in [0.1, 0.15) is 22.0 Å². The molecule has 5 rings (SSSR count). The molecule has 0 bridgehead atoms. The van der Waals surface area contributed by atoms with E-state index in [-0.39, 0.29) is 12.7 Å². The predicted molar refractivity (Wildman–Crippen MR) is 121 cm³/mol. The molecule has 1 saturated heterocycles. The van der Waals surface area contributed by atoms with Crippen LogP contribution in [0.25, 0.3) is 0 Å². The van der Waals surface area contributed by atoms with E-state index in [1.807, 2.05) is 30.3 Å². The van der Waals surface area contributed by atoms with Crippen LogP contribution in [-0.4, -0.2) is 48.0 Å². The van der Waals surface area contributed by atoms with Gasteiger partial charge in [-0.15, -0.1) is 11.3 Å². The Morgan fingerprint density at radius 2 is 1.72 bits per heavy atom. The molecule has 3 heterocycles. The summed E-state index contributed by atoms with van der Waals surface area (Å²) in [5.41, 5.74) is 2.61. The highest BCUT2D eigenvalue weighted by molar-refractivity contribution is 7.10. The van der Waals surface area contributed by atoms with Gasteiger partial charge in [0.05, 0.1) is 25.5 Å². The van der Waals surface area contributed by atoms with Gasteiger partial charge in [-0.2, -0.15) is 0 Å². The largest absolute Gasteiger partial charge is 0.497 e. The predicted octanol–water partition coefficient (Wildman–Crippen LogP) is 3.66. The molecule has 1 atom stereocenters. The molecule has 0 spiro atoms. The first-order valence-corrected chi connectivity index (χ1v) is 11.2. The Kier molecular flexibility index (Phi) is 5.24. The van der Waals surface area contributed by atoms with E-state index >= 15 is 0 Å². The van der Waals surface area contributed by atoms with Crippen LogP contribution in [0.3, 0.4) is 0 Å². The quantitative estimate of drug-likeness (QED) is 0.441. The number of thiophene rings is 1. The number of nitrogens with zero attached hydrogens (tertiary/aromatic N) is 3. The standard InChI is InChI=1S/C24H21N3O4S/c1-31-18-9-7-17(8-10-18)27-23(29)22(28)26(24(27)30)15-25-13-11-20-19(12-14-32-20)21(25)16-5-3-2-4-6-16/h2-10,12,14,21H,11,13,15H2,1H3/t21-/m0/s1. The van der Waals surface area contributed by atoms with E-state index in [0.29, 0.717) is 18.0 Å². The number of urea groups is 1. The molecule has 0 aliphatic carbocycles. The van der Waals surface area contributed by atoms with E-state index in [0.717, 1.165) is 21.8 Å². The molecule has 1 fully saturated rings. The van der Waals surface area contributed by atoms with Crippen LogP contribution in [0.5, 0.6) is 5.75 Å². The minimum absolute atomic E-state index is 0.0465. The lowest BCUT2D eigenvalue weighted by atomic mass is 9.94. The van der Waals surface area contributed by atoms with Crippen LogP contribution in [-0.2, 0) is 16.0 Å². The van der Waals surface area contributed by atoms with Gasteiger partial charge in [0.1, 0.15) is 5.75 Å². The third-order valence-electron chi connectivity index (χ3n) is 5.89. The van der Waals surface area contributed by atoms with Crippen LogP contribution in [0.4, 0.5) is 10.5 Å². The molecule has 2 aliphatic heterocycles. The Bertz CT molecular complexity index is 1180. The van der Waals surface area contributed by atoms with Gasteiger partial charge in [-0.25, -0.2) is 14.6 Å². The number of rotatable bonds is 5. The summed E-state index contributed by atoms with van der Waals surface area (Å²) in [5.74, 6) is -1.06. The van der Waals surface area contributed by atoms with Crippen molar-refractivity contribution in [3.05, 3.63) is 82.0 Å². The van der Waals surface area contributed by atoms with Crippen molar-refractivity contribution in [2.24, 2.45) is 0 Å². The smallest absolute Gasteiger partial charge is 0.340 e. The fraction of sp³-hybridized carbons (Fsp3) is 0.208. The maximum atomic E-state index is 13.1. The zero-order chi connectivity index (χ0) is 22.2. The number of hydrogen-bond acceptors (Lipinski definition) is 6. The number of hydrogen-bond donors (Lipinski definition) is 0. The summed E-state index contributed by atoms with van der Waals surface area (Å²) in [4.78, 5) is 44.0. The first-order valence-electron chi connectivity index (χ1n) is 10.3. The fourth-order valence-corrected chi connectivity index (χ4v) is 5.22. The van der Waals surface area contributed by atoms with Crippen molar-refractivity contribution in [3.8, 4) is 5.75 Å². The van der Waals surface area contributed by atoms with Crippen LogP contribution < -0.4 is 9.64 Å². The molecular formula is C24H21N3O4S. The molecule has 1 aromatic heterocycles.